The van der Waals surface area contributed by atoms with Crippen LogP contribution in [0.15, 0.2) is 66.7 Å². The van der Waals surface area contributed by atoms with E-state index >= 15 is 0 Å². The zero-order chi connectivity index (χ0) is 22.9. The van der Waals surface area contributed by atoms with Crippen molar-refractivity contribution < 1.29 is 9.53 Å². The third kappa shape index (κ3) is 3.69. The second kappa shape index (κ2) is 8.19. The van der Waals surface area contributed by atoms with E-state index in [0.717, 1.165) is 22.5 Å². The number of hydrogen-bond acceptors (Lipinski definition) is 6. The standard InChI is InChI=1S/C24H21N7O2/c1-15-25-20-13-17(9-11-21(20)30(15)19-7-5-4-6-8-19)24(32)26-18-10-12-23(33-3)22(14-18)31-16(2)27-28-29-31/h4-14H,1-3H3,(H,26,32). The molecule has 1 amide bonds. The second-order valence-corrected chi connectivity index (χ2v) is 7.51. The lowest BCUT2D eigenvalue weighted by atomic mass is 10.1. The van der Waals surface area contributed by atoms with E-state index in [-0.39, 0.29) is 5.91 Å². The van der Waals surface area contributed by atoms with Crippen LogP contribution in [0.3, 0.4) is 0 Å². The number of imidazole rings is 1. The van der Waals surface area contributed by atoms with Crippen molar-refractivity contribution in [1.82, 2.24) is 29.8 Å². The maximum atomic E-state index is 13.0. The van der Waals surface area contributed by atoms with E-state index < -0.39 is 0 Å². The van der Waals surface area contributed by atoms with Gasteiger partial charge in [0.05, 0.1) is 18.1 Å². The minimum absolute atomic E-state index is 0.242. The van der Waals surface area contributed by atoms with Gasteiger partial charge in [-0.25, -0.2) is 4.98 Å². The number of amides is 1. The highest BCUT2D eigenvalue weighted by Crippen LogP contribution is 2.27. The minimum atomic E-state index is -0.242. The minimum Gasteiger partial charge on any atom is -0.494 e. The number of ether oxygens (including phenoxy) is 1. The van der Waals surface area contributed by atoms with Crippen LogP contribution >= 0.6 is 0 Å². The average molecular weight is 439 g/mol. The Kier molecular flexibility index (Phi) is 5.06. The molecule has 5 rings (SSSR count). The van der Waals surface area contributed by atoms with Gasteiger partial charge in [0.25, 0.3) is 5.91 Å². The summed E-state index contributed by atoms with van der Waals surface area (Å²) >= 11 is 0. The number of tetrazole rings is 1. The van der Waals surface area contributed by atoms with Gasteiger partial charge < -0.3 is 10.1 Å². The number of para-hydroxylation sites is 1. The van der Waals surface area contributed by atoms with Crippen LogP contribution in [0.4, 0.5) is 5.69 Å². The maximum Gasteiger partial charge on any atom is 0.255 e. The summed E-state index contributed by atoms with van der Waals surface area (Å²) in [5, 5.41) is 14.5. The summed E-state index contributed by atoms with van der Waals surface area (Å²) in [4.78, 5) is 17.7. The van der Waals surface area contributed by atoms with Crippen LogP contribution in [-0.2, 0) is 0 Å². The van der Waals surface area contributed by atoms with E-state index in [9.17, 15) is 4.79 Å². The molecule has 0 unspecified atom stereocenters. The first-order chi connectivity index (χ1) is 16.0. The molecule has 3 aromatic carbocycles. The largest absolute Gasteiger partial charge is 0.494 e. The molecule has 0 aliphatic heterocycles. The van der Waals surface area contributed by atoms with Crippen molar-refractivity contribution in [2.24, 2.45) is 0 Å². The Hall–Kier alpha value is -4.53. The number of hydrogen-bond donors (Lipinski definition) is 1. The highest BCUT2D eigenvalue weighted by Gasteiger charge is 2.15. The van der Waals surface area contributed by atoms with Gasteiger partial charge in [-0.05, 0) is 72.8 Å². The van der Waals surface area contributed by atoms with Gasteiger partial charge >= 0.3 is 0 Å². The lowest BCUT2D eigenvalue weighted by Crippen LogP contribution is -2.12. The summed E-state index contributed by atoms with van der Waals surface area (Å²) in [6, 6.07) is 20.8. The maximum absolute atomic E-state index is 13.0. The van der Waals surface area contributed by atoms with E-state index in [2.05, 4.69) is 30.4 Å². The van der Waals surface area contributed by atoms with Gasteiger partial charge in [0.1, 0.15) is 17.3 Å². The molecule has 0 saturated heterocycles. The number of aromatic nitrogens is 6. The smallest absolute Gasteiger partial charge is 0.255 e. The molecule has 164 valence electrons. The molecule has 0 atom stereocenters. The summed E-state index contributed by atoms with van der Waals surface area (Å²) in [5.74, 6) is 1.80. The molecular weight excluding hydrogens is 418 g/mol. The molecule has 0 aliphatic carbocycles. The highest BCUT2D eigenvalue weighted by molar-refractivity contribution is 6.06. The van der Waals surface area contributed by atoms with Crippen LogP contribution in [0.25, 0.3) is 22.4 Å². The van der Waals surface area contributed by atoms with E-state index in [1.165, 1.54) is 0 Å². The summed E-state index contributed by atoms with van der Waals surface area (Å²) in [6.45, 7) is 3.74. The number of rotatable bonds is 5. The lowest BCUT2D eigenvalue weighted by Gasteiger charge is -2.12. The number of aryl methyl sites for hydroxylation is 2. The van der Waals surface area contributed by atoms with Crippen molar-refractivity contribution in [2.45, 2.75) is 13.8 Å². The Bertz CT molecular complexity index is 1470. The van der Waals surface area contributed by atoms with Crippen LogP contribution in [0.2, 0.25) is 0 Å². The number of nitrogens with one attached hydrogen (secondary N) is 1. The van der Waals surface area contributed by atoms with Crippen LogP contribution < -0.4 is 10.1 Å². The van der Waals surface area contributed by atoms with E-state index in [1.54, 1.807) is 49.0 Å². The Morgan fingerprint density at radius 2 is 1.79 bits per heavy atom. The molecule has 2 heterocycles. The van der Waals surface area contributed by atoms with Gasteiger partial charge in [0.2, 0.25) is 0 Å². The SMILES string of the molecule is COc1ccc(NC(=O)c2ccc3c(c2)nc(C)n3-c2ccccc2)cc1-n1nnnc1C. The average Bonchev–Trinajstić information content (AvgIpc) is 3.40. The fourth-order valence-corrected chi connectivity index (χ4v) is 3.84. The lowest BCUT2D eigenvalue weighted by molar-refractivity contribution is 0.102. The number of anilines is 1. The molecule has 5 aromatic rings. The first-order valence-electron chi connectivity index (χ1n) is 10.3. The van der Waals surface area contributed by atoms with Crippen molar-refractivity contribution in [1.29, 1.82) is 0 Å². The molecular formula is C24H21N7O2. The Morgan fingerprint density at radius 1 is 0.970 bits per heavy atom. The van der Waals surface area contributed by atoms with Crippen molar-refractivity contribution in [2.75, 3.05) is 12.4 Å². The van der Waals surface area contributed by atoms with Gasteiger partial charge in [-0.1, -0.05) is 18.2 Å². The van der Waals surface area contributed by atoms with Crippen LogP contribution in [-0.4, -0.2) is 42.8 Å². The first kappa shape index (κ1) is 20.4. The third-order valence-electron chi connectivity index (χ3n) is 5.39. The molecule has 0 spiro atoms. The van der Waals surface area contributed by atoms with Gasteiger partial charge in [0.15, 0.2) is 5.82 Å². The molecule has 0 radical (unpaired) electrons. The topological polar surface area (TPSA) is 99.8 Å². The van der Waals surface area contributed by atoms with Crippen molar-refractivity contribution >= 4 is 22.6 Å². The zero-order valence-corrected chi connectivity index (χ0v) is 18.4. The van der Waals surface area contributed by atoms with Gasteiger partial charge in [-0.15, -0.1) is 5.10 Å². The molecule has 0 fully saturated rings. The van der Waals surface area contributed by atoms with Gasteiger partial charge in [-0.2, -0.15) is 4.68 Å². The number of carbonyl (C=O) groups excluding carboxylic acids is 1. The Morgan fingerprint density at radius 3 is 2.52 bits per heavy atom. The van der Waals surface area contributed by atoms with Gasteiger partial charge in [-0.3, -0.25) is 9.36 Å². The predicted molar refractivity (Wildman–Crippen MR) is 124 cm³/mol. The second-order valence-electron chi connectivity index (χ2n) is 7.51. The Labute approximate surface area is 189 Å². The molecule has 2 aromatic heterocycles. The van der Waals surface area contributed by atoms with E-state index in [4.69, 9.17) is 4.74 Å². The van der Waals surface area contributed by atoms with Crippen LogP contribution in [0, 0.1) is 13.8 Å². The molecule has 0 bridgehead atoms. The number of carbonyl (C=O) groups is 1. The van der Waals surface area contributed by atoms with E-state index in [0.29, 0.717) is 28.5 Å². The fourth-order valence-electron chi connectivity index (χ4n) is 3.84. The summed E-state index contributed by atoms with van der Waals surface area (Å²) in [6.07, 6.45) is 0. The number of methoxy groups -OCH3 is 1. The van der Waals surface area contributed by atoms with Crippen LogP contribution in [0.1, 0.15) is 22.0 Å². The summed E-state index contributed by atoms with van der Waals surface area (Å²) < 4.78 is 9.05. The Balaban J connectivity index is 1.46. The fraction of sp³-hybridized carbons (Fsp3) is 0.125. The molecule has 33 heavy (non-hydrogen) atoms. The monoisotopic (exact) mass is 439 g/mol. The van der Waals surface area contributed by atoms with Crippen molar-refractivity contribution in [3.8, 4) is 17.1 Å². The molecule has 1 N–H and O–H groups in total. The number of benzene rings is 3. The molecule has 0 aliphatic rings. The molecule has 9 heteroatoms. The molecule has 0 saturated carbocycles. The normalized spacial score (nSPS) is 11.0. The van der Waals surface area contributed by atoms with Crippen molar-refractivity contribution in [3.05, 3.63) is 83.9 Å². The van der Waals surface area contributed by atoms with E-state index in [1.807, 2.05) is 43.3 Å². The van der Waals surface area contributed by atoms with Crippen molar-refractivity contribution in [3.63, 3.8) is 0 Å². The first-order valence-corrected chi connectivity index (χ1v) is 10.3. The zero-order valence-electron chi connectivity index (χ0n) is 18.4. The number of fused-ring (bicyclic) bond motifs is 1. The summed E-state index contributed by atoms with van der Waals surface area (Å²) in [5.41, 5.74) is 4.46. The predicted octanol–water partition coefficient (Wildman–Crippen LogP) is 3.88. The van der Waals surface area contributed by atoms with Gasteiger partial charge in [0, 0.05) is 16.9 Å². The quantitative estimate of drug-likeness (QED) is 0.446. The third-order valence-corrected chi connectivity index (χ3v) is 5.39. The molecule has 9 nitrogen and oxygen atoms in total. The highest BCUT2D eigenvalue weighted by atomic mass is 16.5. The van der Waals surface area contributed by atoms with Crippen LogP contribution in [0.5, 0.6) is 5.75 Å². The summed E-state index contributed by atoms with van der Waals surface area (Å²) in [7, 11) is 1.57. The number of nitrogens with zero attached hydrogens (tertiary/aromatic N) is 6.